The van der Waals surface area contributed by atoms with Crippen molar-refractivity contribution >= 4 is 6.03 Å². The molecule has 1 atom stereocenters. The van der Waals surface area contributed by atoms with Gasteiger partial charge in [-0.25, -0.2) is 4.79 Å². The summed E-state index contributed by atoms with van der Waals surface area (Å²) in [5, 5.41) is 3.12. The van der Waals surface area contributed by atoms with Crippen LogP contribution in [0, 0.1) is 5.92 Å². The van der Waals surface area contributed by atoms with E-state index in [-0.39, 0.29) is 12.1 Å². The fourth-order valence-corrected chi connectivity index (χ4v) is 3.79. The highest BCUT2D eigenvalue weighted by Crippen LogP contribution is 2.25. The van der Waals surface area contributed by atoms with E-state index < -0.39 is 0 Å². The van der Waals surface area contributed by atoms with Gasteiger partial charge in [0.05, 0.1) is 6.04 Å². The third-order valence-corrected chi connectivity index (χ3v) is 5.29. The van der Waals surface area contributed by atoms with Crippen LogP contribution in [0.15, 0.2) is 30.3 Å². The fourth-order valence-electron chi connectivity index (χ4n) is 3.79. The summed E-state index contributed by atoms with van der Waals surface area (Å²) in [5.74, 6) is 0.897. The highest BCUT2D eigenvalue weighted by Gasteiger charge is 2.25. The Hall–Kier alpha value is -1.55. The van der Waals surface area contributed by atoms with Gasteiger partial charge in [0.2, 0.25) is 0 Å². The van der Waals surface area contributed by atoms with Crippen molar-refractivity contribution in [1.82, 2.24) is 15.1 Å². The highest BCUT2D eigenvalue weighted by atomic mass is 16.2. The number of nitrogens with zero attached hydrogens (tertiary/aromatic N) is 2. The number of hydrogen-bond acceptors (Lipinski definition) is 2. The minimum Gasteiger partial charge on any atom is -0.331 e. The molecule has 1 aromatic rings. The van der Waals surface area contributed by atoms with Gasteiger partial charge in [0.15, 0.2) is 0 Å². The first-order chi connectivity index (χ1) is 11.2. The number of rotatable bonds is 4. The molecule has 1 N–H and O–H groups in total. The molecule has 0 unspecified atom stereocenters. The van der Waals surface area contributed by atoms with Gasteiger partial charge in [-0.05, 0) is 31.2 Å². The summed E-state index contributed by atoms with van der Waals surface area (Å²) in [6.45, 7) is 7.01. The smallest absolute Gasteiger partial charge is 0.317 e. The summed E-state index contributed by atoms with van der Waals surface area (Å²) in [5.41, 5.74) is 1.15. The minimum absolute atomic E-state index is 0.0558. The minimum atomic E-state index is 0.0558. The SMILES string of the molecule is C[C@H](NC(=O)N1CCN(CC2CCCC2)CC1)c1ccccc1. The first-order valence-electron chi connectivity index (χ1n) is 9.05. The van der Waals surface area contributed by atoms with Crippen LogP contribution in [0.2, 0.25) is 0 Å². The molecule has 1 aliphatic heterocycles. The lowest BCUT2D eigenvalue weighted by molar-refractivity contribution is 0.126. The van der Waals surface area contributed by atoms with Crippen LogP contribution in [0.4, 0.5) is 4.79 Å². The van der Waals surface area contributed by atoms with Gasteiger partial charge in [0, 0.05) is 32.7 Å². The first kappa shape index (κ1) is 16.3. The molecule has 0 bridgehead atoms. The zero-order valence-corrected chi connectivity index (χ0v) is 14.2. The number of hydrogen-bond donors (Lipinski definition) is 1. The summed E-state index contributed by atoms with van der Waals surface area (Å²) >= 11 is 0. The van der Waals surface area contributed by atoms with Gasteiger partial charge < -0.3 is 10.2 Å². The van der Waals surface area contributed by atoms with Crippen LogP contribution in [0.5, 0.6) is 0 Å². The van der Waals surface area contributed by atoms with Gasteiger partial charge in [-0.2, -0.15) is 0 Å². The average Bonchev–Trinajstić information content (AvgIpc) is 3.09. The molecule has 1 heterocycles. The van der Waals surface area contributed by atoms with Crippen molar-refractivity contribution in [2.45, 2.75) is 38.6 Å². The molecule has 1 aliphatic carbocycles. The Morgan fingerprint density at radius 3 is 2.43 bits per heavy atom. The Kier molecular flexibility index (Phi) is 5.55. The van der Waals surface area contributed by atoms with Gasteiger partial charge in [-0.3, -0.25) is 4.90 Å². The predicted octanol–water partition coefficient (Wildman–Crippen LogP) is 3.27. The highest BCUT2D eigenvalue weighted by molar-refractivity contribution is 5.74. The molecule has 2 amide bonds. The number of nitrogens with one attached hydrogen (secondary N) is 1. The molecule has 23 heavy (non-hydrogen) atoms. The molecular formula is C19H29N3O. The average molecular weight is 315 g/mol. The van der Waals surface area contributed by atoms with Gasteiger partial charge in [0.25, 0.3) is 0 Å². The van der Waals surface area contributed by atoms with E-state index in [0.717, 1.165) is 37.7 Å². The van der Waals surface area contributed by atoms with Gasteiger partial charge >= 0.3 is 6.03 Å². The molecule has 0 spiro atoms. The van der Waals surface area contributed by atoms with Gasteiger partial charge in [0.1, 0.15) is 0 Å². The van der Waals surface area contributed by atoms with Crippen molar-refractivity contribution in [3.63, 3.8) is 0 Å². The topological polar surface area (TPSA) is 35.6 Å². The van der Waals surface area contributed by atoms with Crippen LogP contribution in [0.3, 0.4) is 0 Å². The van der Waals surface area contributed by atoms with Crippen molar-refractivity contribution < 1.29 is 4.79 Å². The normalized spacial score (nSPS) is 21.3. The Morgan fingerprint density at radius 1 is 1.13 bits per heavy atom. The molecule has 126 valence electrons. The summed E-state index contributed by atoms with van der Waals surface area (Å²) in [6.07, 6.45) is 5.61. The number of amides is 2. The van der Waals surface area contributed by atoms with E-state index in [4.69, 9.17) is 0 Å². The van der Waals surface area contributed by atoms with Crippen LogP contribution in [0.1, 0.15) is 44.2 Å². The molecule has 0 aromatic heterocycles. The predicted molar refractivity (Wildman–Crippen MR) is 93.4 cm³/mol. The Morgan fingerprint density at radius 2 is 1.78 bits per heavy atom. The monoisotopic (exact) mass is 315 g/mol. The molecule has 4 nitrogen and oxygen atoms in total. The van der Waals surface area contributed by atoms with E-state index in [2.05, 4.69) is 22.3 Å². The molecular weight excluding hydrogens is 286 g/mol. The Bertz CT molecular complexity index is 491. The second kappa shape index (κ2) is 7.82. The zero-order chi connectivity index (χ0) is 16.1. The van der Waals surface area contributed by atoms with Crippen molar-refractivity contribution in [1.29, 1.82) is 0 Å². The summed E-state index contributed by atoms with van der Waals surface area (Å²) < 4.78 is 0. The lowest BCUT2D eigenvalue weighted by Gasteiger charge is -2.36. The van der Waals surface area contributed by atoms with Gasteiger partial charge in [-0.1, -0.05) is 43.2 Å². The first-order valence-corrected chi connectivity index (χ1v) is 9.05. The second-order valence-electron chi connectivity index (χ2n) is 7.02. The summed E-state index contributed by atoms with van der Waals surface area (Å²) in [4.78, 5) is 16.9. The summed E-state index contributed by atoms with van der Waals surface area (Å²) in [6, 6.07) is 10.3. The van der Waals surface area contributed by atoms with E-state index in [1.807, 2.05) is 30.0 Å². The molecule has 0 radical (unpaired) electrons. The standard InChI is InChI=1S/C19H29N3O/c1-16(18-9-3-2-4-10-18)20-19(23)22-13-11-21(12-14-22)15-17-7-5-6-8-17/h2-4,9-10,16-17H,5-8,11-15H2,1H3,(H,20,23)/t16-/m0/s1. The quantitative estimate of drug-likeness (QED) is 0.925. The van der Waals surface area contributed by atoms with E-state index in [1.54, 1.807) is 0 Å². The van der Waals surface area contributed by atoms with Crippen LogP contribution >= 0.6 is 0 Å². The van der Waals surface area contributed by atoms with Crippen LogP contribution < -0.4 is 5.32 Å². The molecule has 1 saturated heterocycles. The van der Waals surface area contributed by atoms with Crippen LogP contribution in [-0.4, -0.2) is 48.6 Å². The zero-order valence-electron chi connectivity index (χ0n) is 14.2. The molecule has 2 aliphatic rings. The Balaban J connectivity index is 1.42. The number of carbonyl (C=O) groups is 1. The van der Waals surface area contributed by atoms with E-state index in [0.29, 0.717) is 0 Å². The Labute approximate surface area is 139 Å². The van der Waals surface area contributed by atoms with Crippen molar-refractivity contribution in [3.8, 4) is 0 Å². The maximum atomic E-state index is 12.4. The number of benzene rings is 1. The third-order valence-electron chi connectivity index (χ3n) is 5.29. The summed E-state index contributed by atoms with van der Waals surface area (Å²) in [7, 11) is 0. The largest absolute Gasteiger partial charge is 0.331 e. The number of piperazine rings is 1. The number of urea groups is 1. The van der Waals surface area contributed by atoms with E-state index in [1.165, 1.54) is 32.2 Å². The number of carbonyl (C=O) groups excluding carboxylic acids is 1. The second-order valence-corrected chi connectivity index (χ2v) is 7.02. The van der Waals surface area contributed by atoms with Crippen molar-refractivity contribution in [3.05, 3.63) is 35.9 Å². The van der Waals surface area contributed by atoms with E-state index in [9.17, 15) is 4.79 Å². The molecule has 2 fully saturated rings. The van der Waals surface area contributed by atoms with Crippen LogP contribution in [-0.2, 0) is 0 Å². The van der Waals surface area contributed by atoms with Gasteiger partial charge in [-0.15, -0.1) is 0 Å². The van der Waals surface area contributed by atoms with Crippen molar-refractivity contribution in [2.75, 3.05) is 32.7 Å². The maximum absolute atomic E-state index is 12.4. The van der Waals surface area contributed by atoms with Crippen LogP contribution in [0.25, 0.3) is 0 Å². The van der Waals surface area contributed by atoms with Crippen molar-refractivity contribution in [2.24, 2.45) is 5.92 Å². The maximum Gasteiger partial charge on any atom is 0.317 e. The molecule has 1 saturated carbocycles. The molecule has 1 aromatic carbocycles. The fraction of sp³-hybridized carbons (Fsp3) is 0.632. The lowest BCUT2D eigenvalue weighted by Crippen LogP contribution is -2.52. The third kappa shape index (κ3) is 4.47. The molecule has 4 heteroatoms. The van der Waals surface area contributed by atoms with E-state index >= 15 is 0 Å². The lowest BCUT2D eigenvalue weighted by atomic mass is 10.1. The molecule has 3 rings (SSSR count).